The highest BCUT2D eigenvalue weighted by Crippen LogP contribution is 2.29. The van der Waals surface area contributed by atoms with E-state index in [0.717, 1.165) is 15.6 Å². The van der Waals surface area contributed by atoms with E-state index in [4.69, 9.17) is 0 Å². The SMILES string of the molecule is FC(F)c1cc(-c2ccccc2Br)ccn1. The van der Waals surface area contributed by atoms with Crippen molar-refractivity contribution < 1.29 is 8.78 Å². The Morgan fingerprint density at radius 1 is 1.12 bits per heavy atom. The summed E-state index contributed by atoms with van der Waals surface area (Å²) >= 11 is 3.39. The second-order valence-electron chi connectivity index (χ2n) is 3.25. The van der Waals surface area contributed by atoms with Crippen molar-refractivity contribution in [2.75, 3.05) is 0 Å². The Bertz CT molecular complexity index is 500. The zero-order chi connectivity index (χ0) is 11.5. The zero-order valence-corrected chi connectivity index (χ0v) is 9.79. The highest BCUT2D eigenvalue weighted by Gasteiger charge is 2.10. The first kappa shape index (κ1) is 11.2. The third kappa shape index (κ3) is 2.27. The summed E-state index contributed by atoms with van der Waals surface area (Å²) in [5.41, 5.74) is 1.41. The Labute approximate surface area is 100 Å². The molecule has 0 bridgehead atoms. The number of benzene rings is 1. The maximum Gasteiger partial charge on any atom is 0.280 e. The number of aromatic nitrogens is 1. The fourth-order valence-corrected chi connectivity index (χ4v) is 1.94. The molecule has 0 radical (unpaired) electrons. The van der Waals surface area contributed by atoms with Crippen LogP contribution < -0.4 is 0 Å². The van der Waals surface area contributed by atoms with E-state index >= 15 is 0 Å². The van der Waals surface area contributed by atoms with E-state index in [9.17, 15) is 8.78 Å². The van der Waals surface area contributed by atoms with Crippen molar-refractivity contribution in [2.45, 2.75) is 6.43 Å². The number of hydrogen-bond donors (Lipinski definition) is 0. The Morgan fingerprint density at radius 3 is 2.56 bits per heavy atom. The molecule has 0 amide bonds. The fraction of sp³-hybridized carbons (Fsp3) is 0.0833. The van der Waals surface area contributed by atoms with Gasteiger partial charge in [-0.1, -0.05) is 34.1 Å². The van der Waals surface area contributed by atoms with Gasteiger partial charge in [0, 0.05) is 10.7 Å². The number of rotatable bonds is 2. The van der Waals surface area contributed by atoms with Crippen molar-refractivity contribution >= 4 is 15.9 Å². The average molecular weight is 284 g/mol. The molecule has 0 unspecified atom stereocenters. The van der Waals surface area contributed by atoms with Crippen LogP contribution in [0.4, 0.5) is 8.78 Å². The van der Waals surface area contributed by atoms with Crippen molar-refractivity contribution in [2.24, 2.45) is 0 Å². The van der Waals surface area contributed by atoms with Crippen LogP contribution in [0.1, 0.15) is 12.1 Å². The number of nitrogens with zero attached hydrogens (tertiary/aromatic N) is 1. The van der Waals surface area contributed by atoms with Gasteiger partial charge in [-0.25, -0.2) is 8.78 Å². The van der Waals surface area contributed by atoms with E-state index in [2.05, 4.69) is 20.9 Å². The molecule has 0 aliphatic heterocycles. The van der Waals surface area contributed by atoms with Crippen LogP contribution in [-0.4, -0.2) is 4.98 Å². The van der Waals surface area contributed by atoms with Gasteiger partial charge in [0.2, 0.25) is 0 Å². The van der Waals surface area contributed by atoms with E-state index in [1.807, 2.05) is 24.3 Å². The number of halogens is 3. The Balaban J connectivity index is 2.49. The standard InChI is InChI=1S/C12H8BrF2N/c13-10-4-2-1-3-9(10)8-5-6-16-11(7-8)12(14)15/h1-7,12H. The third-order valence-electron chi connectivity index (χ3n) is 2.19. The van der Waals surface area contributed by atoms with Crippen LogP contribution in [0.3, 0.4) is 0 Å². The summed E-state index contributed by atoms with van der Waals surface area (Å²) in [6.07, 6.45) is -1.14. The molecule has 4 heteroatoms. The Hall–Kier alpha value is -1.29. The van der Waals surface area contributed by atoms with Gasteiger partial charge in [-0.2, -0.15) is 0 Å². The maximum absolute atomic E-state index is 12.5. The lowest BCUT2D eigenvalue weighted by molar-refractivity contribution is 0.146. The summed E-state index contributed by atoms with van der Waals surface area (Å²) in [5.74, 6) is 0. The molecule has 82 valence electrons. The smallest absolute Gasteiger partial charge is 0.255 e. The van der Waals surface area contributed by atoms with E-state index in [1.165, 1.54) is 12.3 Å². The van der Waals surface area contributed by atoms with E-state index in [-0.39, 0.29) is 5.69 Å². The van der Waals surface area contributed by atoms with E-state index in [0.29, 0.717) is 0 Å². The largest absolute Gasteiger partial charge is 0.280 e. The quantitative estimate of drug-likeness (QED) is 0.794. The van der Waals surface area contributed by atoms with Crippen LogP contribution in [0.5, 0.6) is 0 Å². The molecule has 1 aromatic carbocycles. The van der Waals surface area contributed by atoms with Crippen LogP contribution in [0.25, 0.3) is 11.1 Å². The van der Waals surface area contributed by atoms with Crippen molar-refractivity contribution in [3.63, 3.8) is 0 Å². The Kier molecular flexibility index (Phi) is 3.29. The normalized spacial score (nSPS) is 10.8. The molecular formula is C12H8BrF2N. The van der Waals surface area contributed by atoms with Gasteiger partial charge in [0.1, 0.15) is 5.69 Å². The first-order valence-corrected chi connectivity index (χ1v) is 5.47. The van der Waals surface area contributed by atoms with Gasteiger partial charge in [0.05, 0.1) is 0 Å². The molecule has 0 aliphatic carbocycles. The lowest BCUT2D eigenvalue weighted by Crippen LogP contribution is -1.90. The molecule has 1 nitrogen and oxygen atoms in total. The summed E-state index contributed by atoms with van der Waals surface area (Å²) in [6.45, 7) is 0. The number of pyridine rings is 1. The summed E-state index contributed by atoms with van der Waals surface area (Å²) in [6, 6.07) is 10.6. The van der Waals surface area contributed by atoms with Gasteiger partial charge >= 0.3 is 0 Å². The van der Waals surface area contributed by atoms with Crippen molar-refractivity contribution in [3.8, 4) is 11.1 Å². The lowest BCUT2D eigenvalue weighted by atomic mass is 10.1. The van der Waals surface area contributed by atoms with Crippen LogP contribution in [-0.2, 0) is 0 Å². The number of hydrogen-bond acceptors (Lipinski definition) is 1. The lowest BCUT2D eigenvalue weighted by Gasteiger charge is -2.06. The highest BCUT2D eigenvalue weighted by atomic mass is 79.9. The molecule has 2 rings (SSSR count). The second kappa shape index (κ2) is 4.70. The minimum Gasteiger partial charge on any atom is -0.255 e. The number of alkyl halides is 2. The molecule has 0 N–H and O–H groups in total. The first-order valence-electron chi connectivity index (χ1n) is 4.67. The van der Waals surface area contributed by atoms with Crippen molar-refractivity contribution in [1.29, 1.82) is 0 Å². The van der Waals surface area contributed by atoms with Crippen molar-refractivity contribution in [3.05, 3.63) is 52.8 Å². The monoisotopic (exact) mass is 283 g/mol. The van der Waals surface area contributed by atoms with E-state index in [1.54, 1.807) is 6.07 Å². The van der Waals surface area contributed by atoms with Crippen LogP contribution in [0.15, 0.2) is 47.1 Å². The van der Waals surface area contributed by atoms with Gasteiger partial charge in [-0.15, -0.1) is 0 Å². The third-order valence-corrected chi connectivity index (χ3v) is 2.88. The molecule has 0 spiro atoms. The van der Waals surface area contributed by atoms with Crippen LogP contribution >= 0.6 is 15.9 Å². The minimum atomic E-state index is -2.54. The summed E-state index contributed by atoms with van der Waals surface area (Å²) < 4.78 is 25.9. The molecule has 16 heavy (non-hydrogen) atoms. The van der Waals surface area contributed by atoms with Gasteiger partial charge < -0.3 is 0 Å². The molecule has 0 saturated carbocycles. The zero-order valence-electron chi connectivity index (χ0n) is 8.20. The van der Waals surface area contributed by atoms with Crippen LogP contribution in [0, 0.1) is 0 Å². The molecule has 1 heterocycles. The topological polar surface area (TPSA) is 12.9 Å². The summed E-state index contributed by atoms with van der Waals surface area (Å²) in [5, 5.41) is 0. The van der Waals surface area contributed by atoms with Gasteiger partial charge in [0.25, 0.3) is 6.43 Å². The molecular weight excluding hydrogens is 276 g/mol. The fourth-order valence-electron chi connectivity index (χ4n) is 1.43. The average Bonchev–Trinajstić information content (AvgIpc) is 2.30. The highest BCUT2D eigenvalue weighted by molar-refractivity contribution is 9.10. The minimum absolute atomic E-state index is 0.201. The summed E-state index contributed by atoms with van der Waals surface area (Å²) in [7, 11) is 0. The van der Waals surface area contributed by atoms with Crippen molar-refractivity contribution in [1.82, 2.24) is 4.98 Å². The van der Waals surface area contributed by atoms with Gasteiger partial charge in [0.15, 0.2) is 0 Å². The predicted octanol–water partition coefficient (Wildman–Crippen LogP) is 4.45. The van der Waals surface area contributed by atoms with Gasteiger partial charge in [-0.05, 0) is 29.3 Å². The Morgan fingerprint density at radius 2 is 1.88 bits per heavy atom. The molecule has 0 aliphatic rings. The molecule has 2 aromatic rings. The van der Waals surface area contributed by atoms with E-state index < -0.39 is 6.43 Å². The first-order chi connectivity index (χ1) is 7.68. The molecule has 0 atom stereocenters. The maximum atomic E-state index is 12.5. The molecule has 0 saturated heterocycles. The predicted molar refractivity (Wildman–Crippen MR) is 62.3 cm³/mol. The molecule has 1 aromatic heterocycles. The van der Waals surface area contributed by atoms with Gasteiger partial charge in [-0.3, -0.25) is 4.98 Å². The molecule has 0 fully saturated rings. The second-order valence-corrected chi connectivity index (χ2v) is 4.10. The van der Waals surface area contributed by atoms with Crippen LogP contribution in [0.2, 0.25) is 0 Å². The summed E-state index contributed by atoms with van der Waals surface area (Å²) in [4.78, 5) is 3.63.